The summed E-state index contributed by atoms with van der Waals surface area (Å²) in [4.78, 5) is 10.9. The molecule has 0 amide bonds. The number of carboxylic acid groups (broad SMARTS) is 1. The number of ether oxygens (including phenoxy) is 2. The van der Waals surface area contributed by atoms with Crippen LogP contribution in [0.25, 0.3) is 11.1 Å². The molecule has 0 aromatic heterocycles. The average molecular weight is 301 g/mol. The summed E-state index contributed by atoms with van der Waals surface area (Å²) in [6, 6.07) is 12.2. The largest absolute Gasteiger partial charge is 0.496 e. The van der Waals surface area contributed by atoms with E-state index in [0.29, 0.717) is 11.5 Å². The Morgan fingerprint density at radius 1 is 1.14 bits per heavy atom. The first-order valence-corrected chi connectivity index (χ1v) is 6.85. The minimum atomic E-state index is -1.01. The molecule has 1 atom stereocenters. The highest BCUT2D eigenvalue weighted by Crippen LogP contribution is 2.38. The lowest BCUT2D eigenvalue weighted by Crippen LogP contribution is -2.32. The highest BCUT2D eigenvalue weighted by atomic mass is 16.5. The zero-order valence-electron chi connectivity index (χ0n) is 12.6. The van der Waals surface area contributed by atoms with E-state index < -0.39 is 12.0 Å². The lowest BCUT2D eigenvalue weighted by atomic mass is 9.98. The van der Waals surface area contributed by atoms with Crippen molar-refractivity contribution in [3.05, 3.63) is 48.0 Å². The molecular weight excluding hydrogens is 282 g/mol. The Morgan fingerprint density at radius 2 is 1.73 bits per heavy atom. The normalized spacial score (nSPS) is 11.8. The lowest BCUT2D eigenvalue weighted by molar-refractivity contribution is -0.138. The van der Waals surface area contributed by atoms with Crippen molar-refractivity contribution in [2.45, 2.75) is 12.5 Å². The van der Waals surface area contributed by atoms with Crippen molar-refractivity contribution in [1.82, 2.24) is 0 Å². The molecule has 5 nitrogen and oxygen atoms in total. The van der Waals surface area contributed by atoms with Gasteiger partial charge in [-0.2, -0.15) is 0 Å². The predicted octanol–water partition coefficient (Wildman–Crippen LogP) is 2.33. The molecular formula is C17H19NO4. The molecule has 0 saturated carbocycles. The van der Waals surface area contributed by atoms with Crippen molar-refractivity contribution in [3.8, 4) is 22.6 Å². The Kier molecular flexibility index (Phi) is 5.01. The molecule has 0 bridgehead atoms. The van der Waals surface area contributed by atoms with Crippen LogP contribution in [0.5, 0.6) is 11.5 Å². The van der Waals surface area contributed by atoms with E-state index in [9.17, 15) is 4.79 Å². The number of carbonyl (C=O) groups is 1. The van der Waals surface area contributed by atoms with Gasteiger partial charge in [0.05, 0.1) is 19.8 Å². The van der Waals surface area contributed by atoms with Gasteiger partial charge in [0.25, 0.3) is 0 Å². The van der Waals surface area contributed by atoms with Crippen molar-refractivity contribution in [3.63, 3.8) is 0 Å². The first-order valence-electron chi connectivity index (χ1n) is 6.85. The maximum atomic E-state index is 10.9. The second kappa shape index (κ2) is 6.95. The molecule has 0 heterocycles. The van der Waals surface area contributed by atoms with E-state index >= 15 is 0 Å². The number of rotatable bonds is 6. The first kappa shape index (κ1) is 15.9. The summed E-state index contributed by atoms with van der Waals surface area (Å²) in [6.45, 7) is 0. The summed E-state index contributed by atoms with van der Waals surface area (Å²) in [5.74, 6) is 0.373. The number of hydrogen-bond donors (Lipinski definition) is 2. The number of hydrogen-bond acceptors (Lipinski definition) is 4. The molecule has 0 aliphatic carbocycles. The number of methoxy groups -OCH3 is 2. The Morgan fingerprint density at radius 3 is 2.27 bits per heavy atom. The fraction of sp³-hybridized carbons (Fsp3) is 0.235. The van der Waals surface area contributed by atoms with Crippen LogP contribution in [0.3, 0.4) is 0 Å². The van der Waals surface area contributed by atoms with Crippen LogP contribution in [0.15, 0.2) is 42.5 Å². The molecule has 5 heteroatoms. The van der Waals surface area contributed by atoms with Gasteiger partial charge in [0, 0.05) is 0 Å². The smallest absolute Gasteiger partial charge is 0.320 e. The van der Waals surface area contributed by atoms with E-state index in [4.69, 9.17) is 20.3 Å². The summed E-state index contributed by atoms with van der Waals surface area (Å²) in [6.07, 6.45) is 0.265. The van der Waals surface area contributed by atoms with Crippen molar-refractivity contribution < 1.29 is 19.4 Å². The van der Waals surface area contributed by atoms with Crippen LogP contribution in [0.2, 0.25) is 0 Å². The Bertz CT molecular complexity index is 647. The number of aliphatic carboxylic acids is 1. The lowest BCUT2D eigenvalue weighted by Gasteiger charge is -2.14. The molecule has 0 fully saturated rings. The van der Waals surface area contributed by atoms with Crippen LogP contribution in [-0.4, -0.2) is 31.3 Å². The summed E-state index contributed by atoms with van der Waals surface area (Å²) >= 11 is 0. The van der Waals surface area contributed by atoms with E-state index in [-0.39, 0.29) is 6.42 Å². The minimum Gasteiger partial charge on any atom is -0.496 e. The second-order valence-corrected chi connectivity index (χ2v) is 4.89. The van der Waals surface area contributed by atoms with E-state index in [1.54, 1.807) is 14.2 Å². The maximum absolute atomic E-state index is 10.9. The third-order valence-electron chi connectivity index (χ3n) is 3.42. The number of carboxylic acids is 1. The Balaban J connectivity index is 2.44. The van der Waals surface area contributed by atoms with Gasteiger partial charge in [-0.15, -0.1) is 0 Å². The molecule has 116 valence electrons. The SMILES string of the molecule is COc1cccc(OC)c1-c1cccc(CC(N)C(=O)O)c1. The topological polar surface area (TPSA) is 81.8 Å². The van der Waals surface area contributed by atoms with Crippen LogP contribution in [0.1, 0.15) is 5.56 Å². The van der Waals surface area contributed by atoms with Gasteiger partial charge in [-0.05, 0) is 29.7 Å². The number of benzene rings is 2. The summed E-state index contributed by atoms with van der Waals surface area (Å²) in [5, 5.41) is 8.93. The van der Waals surface area contributed by atoms with Crippen molar-refractivity contribution >= 4 is 5.97 Å². The predicted molar refractivity (Wildman–Crippen MR) is 84.3 cm³/mol. The molecule has 0 saturated heterocycles. The highest BCUT2D eigenvalue weighted by molar-refractivity contribution is 5.78. The first-order chi connectivity index (χ1) is 10.6. The quantitative estimate of drug-likeness (QED) is 0.855. The zero-order chi connectivity index (χ0) is 16.1. The number of nitrogens with two attached hydrogens (primary N) is 1. The van der Waals surface area contributed by atoms with E-state index in [1.165, 1.54) is 0 Å². The van der Waals surface area contributed by atoms with Crippen LogP contribution in [-0.2, 0) is 11.2 Å². The van der Waals surface area contributed by atoms with Crippen molar-refractivity contribution in [2.75, 3.05) is 14.2 Å². The van der Waals surface area contributed by atoms with Gasteiger partial charge >= 0.3 is 5.97 Å². The third kappa shape index (κ3) is 3.38. The molecule has 2 aromatic rings. The van der Waals surface area contributed by atoms with Crippen molar-refractivity contribution in [1.29, 1.82) is 0 Å². The molecule has 2 rings (SSSR count). The van der Waals surface area contributed by atoms with Gasteiger partial charge < -0.3 is 20.3 Å². The van der Waals surface area contributed by atoms with Crippen molar-refractivity contribution in [2.24, 2.45) is 5.73 Å². The van der Waals surface area contributed by atoms with Gasteiger partial charge in [0.1, 0.15) is 17.5 Å². The van der Waals surface area contributed by atoms with Gasteiger partial charge in [-0.25, -0.2) is 0 Å². The van der Waals surface area contributed by atoms with Crippen LogP contribution >= 0.6 is 0 Å². The standard InChI is InChI=1S/C17H19NO4/c1-21-14-7-4-8-15(22-2)16(14)12-6-3-5-11(9-12)10-13(18)17(19)20/h3-9,13H,10,18H2,1-2H3,(H,19,20). The van der Waals surface area contributed by atoms with Crippen LogP contribution < -0.4 is 15.2 Å². The molecule has 1 unspecified atom stereocenters. The Labute approximate surface area is 129 Å². The molecule has 0 spiro atoms. The van der Waals surface area contributed by atoms with E-state index in [0.717, 1.165) is 16.7 Å². The molecule has 0 radical (unpaired) electrons. The van der Waals surface area contributed by atoms with E-state index in [1.807, 2.05) is 42.5 Å². The molecule has 3 N–H and O–H groups in total. The minimum absolute atomic E-state index is 0.265. The van der Waals surface area contributed by atoms with Crippen LogP contribution in [0, 0.1) is 0 Å². The van der Waals surface area contributed by atoms with Gasteiger partial charge in [-0.1, -0.05) is 30.3 Å². The summed E-state index contributed by atoms with van der Waals surface area (Å²) < 4.78 is 10.8. The van der Waals surface area contributed by atoms with Gasteiger partial charge in [0.2, 0.25) is 0 Å². The summed E-state index contributed by atoms with van der Waals surface area (Å²) in [7, 11) is 3.20. The van der Waals surface area contributed by atoms with Gasteiger partial charge in [-0.3, -0.25) is 4.79 Å². The van der Waals surface area contributed by atoms with Crippen LogP contribution in [0.4, 0.5) is 0 Å². The maximum Gasteiger partial charge on any atom is 0.320 e. The highest BCUT2D eigenvalue weighted by Gasteiger charge is 2.15. The second-order valence-electron chi connectivity index (χ2n) is 4.89. The zero-order valence-corrected chi connectivity index (χ0v) is 12.6. The monoisotopic (exact) mass is 301 g/mol. The Hall–Kier alpha value is -2.53. The molecule has 0 aliphatic heterocycles. The molecule has 0 aliphatic rings. The van der Waals surface area contributed by atoms with Gasteiger partial charge in [0.15, 0.2) is 0 Å². The third-order valence-corrected chi connectivity index (χ3v) is 3.42. The molecule has 2 aromatic carbocycles. The average Bonchev–Trinajstić information content (AvgIpc) is 2.54. The molecule has 22 heavy (non-hydrogen) atoms. The fourth-order valence-electron chi connectivity index (χ4n) is 2.33. The van der Waals surface area contributed by atoms with E-state index in [2.05, 4.69) is 0 Å². The fourth-order valence-corrected chi connectivity index (χ4v) is 2.33. The summed E-state index contributed by atoms with van der Waals surface area (Å²) in [5.41, 5.74) is 8.17.